The number of methoxy groups -OCH3 is 1. The van der Waals surface area contributed by atoms with Crippen molar-refractivity contribution < 1.29 is 14.3 Å². The van der Waals surface area contributed by atoms with Crippen LogP contribution in [0.15, 0.2) is 35.1 Å². The van der Waals surface area contributed by atoms with E-state index in [1.54, 1.807) is 11.5 Å². The number of nitrogens with one attached hydrogen (secondary N) is 1. The molecule has 1 N–H and O–H groups in total. The SMILES string of the molecule is COC(=O)CNC(=O)Cn1c(C)cc(=O)n2nc(-c3cccc(C)c3)nc12. The predicted octanol–water partition coefficient (Wildman–Crippen LogP) is 0.464. The predicted molar refractivity (Wildman–Crippen MR) is 97.2 cm³/mol. The molecule has 1 aromatic carbocycles. The van der Waals surface area contributed by atoms with E-state index in [4.69, 9.17) is 0 Å². The van der Waals surface area contributed by atoms with E-state index in [0.717, 1.165) is 15.6 Å². The first-order chi connectivity index (χ1) is 12.9. The highest BCUT2D eigenvalue weighted by Gasteiger charge is 2.16. The number of carbonyl (C=O) groups is 2. The van der Waals surface area contributed by atoms with Gasteiger partial charge in [0.05, 0.1) is 7.11 Å². The van der Waals surface area contributed by atoms with E-state index < -0.39 is 11.9 Å². The number of ether oxygens (including phenoxy) is 1. The lowest BCUT2D eigenvalue weighted by Crippen LogP contribution is -2.34. The fourth-order valence-corrected chi connectivity index (χ4v) is 2.65. The third-order valence-corrected chi connectivity index (χ3v) is 4.03. The Morgan fingerprint density at radius 3 is 2.70 bits per heavy atom. The summed E-state index contributed by atoms with van der Waals surface area (Å²) in [5.41, 5.74) is 2.04. The number of amides is 1. The molecular formula is C18H19N5O4. The summed E-state index contributed by atoms with van der Waals surface area (Å²) < 4.78 is 7.23. The minimum Gasteiger partial charge on any atom is -0.468 e. The number of fused-ring (bicyclic) bond motifs is 1. The van der Waals surface area contributed by atoms with Crippen LogP contribution in [0.2, 0.25) is 0 Å². The second kappa shape index (κ2) is 7.40. The molecule has 9 heteroatoms. The zero-order chi connectivity index (χ0) is 19.6. The summed E-state index contributed by atoms with van der Waals surface area (Å²) in [5, 5.41) is 6.75. The Labute approximate surface area is 154 Å². The molecular weight excluding hydrogens is 350 g/mol. The largest absolute Gasteiger partial charge is 0.468 e. The summed E-state index contributed by atoms with van der Waals surface area (Å²) >= 11 is 0. The number of carbonyl (C=O) groups excluding carboxylic acids is 2. The van der Waals surface area contributed by atoms with Crippen molar-refractivity contribution in [2.75, 3.05) is 13.7 Å². The van der Waals surface area contributed by atoms with Crippen molar-refractivity contribution in [3.63, 3.8) is 0 Å². The molecule has 0 spiro atoms. The Morgan fingerprint density at radius 2 is 2.00 bits per heavy atom. The van der Waals surface area contributed by atoms with Crippen LogP contribution in [-0.4, -0.2) is 44.7 Å². The molecule has 0 aliphatic heterocycles. The third kappa shape index (κ3) is 3.86. The fraction of sp³-hybridized carbons (Fsp3) is 0.278. The number of esters is 1. The summed E-state index contributed by atoms with van der Waals surface area (Å²) in [6, 6.07) is 8.99. The van der Waals surface area contributed by atoms with Crippen molar-refractivity contribution in [3.05, 3.63) is 51.9 Å². The zero-order valence-corrected chi connectivity index (χ0v) is 15.2. The van der Waals surface area contributed by atoms with Crippen LogP contribution < -0.4 is 10.9 Å². The van der Waals surface area contributed by atoms with Gasteiger partial charge >= 0.3 is 5.97 Å². The average Bonchev–Trinajstić information content (AvgIpc) is 3.09. The van der Waals surface area contributed by atoms with Crippen LogP contribution in [0.1, 0.15) is 11.3 Å². The van der Waals surface area contributed by atoms with Crippen molar-refractivity contribution in [1.82, 2.24) is 24.5 Å². The molecule has 140 valence electrons. The molecule has 2 heterocycles. The monoisotopic (exact) mass is 369 g/mol. The lowest BCUT2D eigenvalue weighted by Gasteiger charge is -2.11. The smallest absolute Gasteiger partial charge is 0.325 e. The Hall–Kier alpha value is -3.49. The van der Waals surface area contributed by atoms with Crippen molar-refractivity contribution >= 4 is 17.7 Å². The number of aromatic nitrogens is 4. The van der Waals surface area contributed by atoms with Crippen LogP contribution in [0.4, 0.5) is 0 Å². The lowest BCUT2D eigenvalue weighted by atomic mass is 10.1. The van der Waals surface area contributed by atoms with Gasteiger partial charge in [0.2, 0.25) is 11.7 Å². The molecule has 0 aliphatic carbocycles. The molecule has 0 fully saturated rings. The molecule has 27 heavy (non-hydrogen) atoms. The van der Waals surface area contributed by atoms with Crippen molar-refractivity contribution in [2.45, 2.75) is 20.4 Å². The minimum absolute atomic E-state index is 0.113. The van der Waals surface area contributed by atoms with Gasteiger partial charge in [0.15, 0.2) is 5.82 Å². The lowest BCUT2D eigenvalue weighted by molar-refractivity contribution is -0.141. The van der Waals surface area contributed by atoms with Gasteiger partial charge < -0.3 is 14.6 Å². The standard InChI is InChI=1S/C18H19N5O4/c1-11-5-4-6-13(7-11)17-20-18-22(10-14(24)19-9-16(26)27-3)12(2)8-15(25)23(18)21-17/h4-8H,9-10H2,1-3H3,(H,19,24). The Kier molecular flexibility index (Phi) is 5.02. The second-order valence-electron chi connectivity index (χ2n) is 6.08. The number of aryl methyl sites for hydroxylation is 2. The van der Waals surface area contributed by atoms with E-state index in [1.807, 2.05) is 31.2 Å². The van der Waals surface area contributed by atoms with Crippen LogP contribution in [-0.2, 0) is 20.9 Å². The van der Waals surface area contributed by atoms with Gasteiger partial charge in [-0.2, -0.15) is 9.50 Å². The topological polar surface area (TPSA) is 108 Å². The van der Waals surface area contributed by atoms with Crippen molar-refractivity contribution in [2.24, 2.45) is 0 Å². The molecule has 0 saturated carbocycles. The Balaban J connectivity index is 1.99. The van der Waals surface area contributed by atoms with Gasteiger partial charge in [0.25, 0.3) is 5.56 Å². The van der Waals surface area contributed by atoms with Crippen LogP contribution in [0.3, 0.4) is 0 Å². The maximum Gasteiger partial charge on any atom is 0.325 e. The van der Waals surface area contributed by atoms with Gasteiger partial charge in [-0.25, -0.2) is 0 Å². The number of rotatable bonds is 5. The summed E-state index contributed by atoms with van der Waals surface area (Å²) in [6.45, 7) is 3.31. The minimum atomic E-state index is -0.547. The van der Waals surface area contributed by atoms with Gasteiger partial charge in [-0.15, -0.1) is 5.10 Å². The quantitative estimate of drug-likeness (QED) is 0.655. The fourth-order valence-electron chi connectivity index (χ4n) is 2.65. The molecule has 0 saturated heterocycles. The van der Waals surface area contributed by atoms with Gasteiger partial charge in [0.1, 0.15) is 13.1 Å². The highest BCUT2D eigenvalue weighted by Crippen LogP contribution is 2.17. The Bertz CT molecular complexity index is 1080. The molecule has 0 unspecified atom stereocenters. The molecule has 0 atom stereocenters. The van der Waals surface area contributed by atoms with E-state index in [0.29, 0.717) is 11.5 Å². The van der Waals surface area contributed by atoms with Crippen molar-refractivity contribution in [1.29, 1.82) is 0 Å². The van der Waals surface area contributed by atoms with Crippen LogP contribution in [0.25, 0.3) is 17.2 Å². The first-order valence-electron chi connectivity index (χ1n) is 8.27. The van der Waals surface area contributed by atoms with Crippen molar-refractivity contribution in [3.8, 4) is 11.4 Å². The summed E-state index contributed by atoms with van der Waals surface area (Å²) in [6.07, 6.45) is 0. The average molecular weight is 369 g/mol. The molecule has 2 aromatic heterocycles. The molecule has 0 bridgehead atoms. The molecule has 0 radical (unpaired) electrons. The van der Waals surface area contributed by atoms with Gasteiger partial charge in [-0.05, 0) is 19.9 Å². The summed E-state index contributed by atoms with van der Waals surface area (Å²) in [5.74, 6) is -0.307. The molecule has 1 amide bonds. The van der Waals surface area contributed by atoms with E-state index in [2.05, 4.69) is 20.1 Å². The van der Waals surface area contributed by atoms with Crippen LogP contribution >= 0.6 is 0 Å². The molecule has 3 rings (SSSR count). The van der Waals surface area contributed by atoms with E-state index in [9.17, 15) is 14.4 Å². The maximum atomic E-state index is 12.3. The summed E-state index contributed by atoms with van der Waals surface area (Å²) in [7, 11) is 1.24. The first-order valence-corrected chi connectivity index (χ1v) is 8.27. The first kappa shape index (κ1) is 18.3. The highest BCUT2D eigenvalue weighted by atomic mass is 16.5. The normalized spacial score (nSPS) is 10.8. The Morgan fingerprint density at radius 1 is 1.22 bits per heavy atom. The molecule has 0 aliphatic rings. The summed E-state index contributed by atoms with van der Waals surface area (Å²) in [4.78, 5) is 40.1. The van der Waals surface area contributed by atoms with Gasteiger partial charge in [-0.3, -0.25) is 14.4 Å². The number of hydrogen-bond acceptors (Lipinski definition) is 6. The second-order valence-corrected chi connectivity index (χ2v) is 6.08. The van der Waals surface area contributed by atoms with Gasteiger partial charge in [-0.1, -0.05) is 23.8 Å². The van der Waals surface area contributed by atoms with Crippen LogP contribution in [0, 0.1) is 13.8 Å². The molecule has 3 aromatic rings. The number of benzene rings is 1. The van der Waals surface area contributed by atoms with E-state index >= 15 is 0 Å². The van der Waals surface area contributed by atoms with Crippen LogP contribution in [0.5, 0.6) is 0 Å². The van der Waals surface area contributed by atoms with Gasteiger partial charge in [0, 0.05) is 17.3 Å². The number of nitrogens with zero attached hydrogens (tertiary/aromatic N) is 4. The van der Waals surface area contributed by atoms with E-state index in [-0.39, 0.29) is 24.4 Å². The maximum absolute atomic E-state index is 12.3. The molecule has 9 nitrogen and oxygen atoms in total. The highest BCUT2D eigenvalue weighted by molar-refractivity contribution is 5.82. The van der Waals surface area contributed by atoms with E-state index in [1.165, 1.54) is 13.2 Å². The zero-order valence-electron chi connectivity index (χ0n) is 15.2. The number of hydrogen-bond donors (Lipinski definition) is 1. The third-order valence-electron chi connectivity index (χ3n) is 4.03.